The quantitative estimate of drug-likeness (QED) is 0.101. The Bertz CT molecular complexity index is 3130. The lowest BCUT2D eigenvalue weighted by atomic mass is 10.1. The number of carbonyl (C=O) groups excluding carboxylic acids is 3. The average Bonchev–Trinajstić information content (AvgIpc) is 4.20. The van der Waals surface area contributed by atoms with Gasteiger partial charge in [0.1, 0.15) is 28.5 Å². The van der Waals surface area contributed by atoms with Crippen molar-refractivity contribution in [3.8, 4) is 5.75 Å². The zero-order valence-corrected chi connectivity index (χ0v) is 37.5. The summed E-state index contributed by atoms with van der Waals surface area (Å²) < 4.78 is 49.7. The van der Waals surface area contributed by atoms with Crippen molar-refractivity contribution in [1.29, 1.82) is 0 Å². The number of para-hydroxylation sites is 1. The van der Waals surface area contributed by atoms with Gasteiger partial charge in [-0.05, 0) is 98.2 Å². The van der Waals surface area contributed by atoms with Gasteiger partial charge in [-0.3, -0.25) is 29.2 Å². The minimum Gasteiger partial charge on any atom is -0.423 e. The van der Waals surface area contributed by atoms with E-state index >= 15 is 0 Å². The molecule has 0 saturated heterocycles. The van der Waals surface area contributed by atoms with E-state index in [1.165, 1.54) is 17.0 Å². The summed E-state index contributed by atoms with van der Waals surface area (Å²) >= 11 is 0. The number of aliphatic imine (C=N–C) groups is 2. The Balaban J connectivity index is 0.803. The van der Waals surface area contributed by atoms with Crippen LogP contribution in [-0.2, 0) is 19.3 Å². The third-order valence-corrected chi connectivity index (χ3v) is 14.0. The van der Waals surface area contributed by atoms with Gasteiger partial charge in [0.05, 0.1) is 48.4 Å². The second-order valence-corrected chi connectivity index (χ2v) is 18.3. The molecular formula is C50H45F3N12O4. The monoisotopic (exact) mass is 934 g/mol. The molecule has 4 atom stereocenters. The molecule has 2 aromatic heterocycles. The van der Waals surface area contributed by atoms with Gasteiger partial charge in [-0.15, -0.1) is 0 Å². The lowest BCUT2D eigenvalue weighted by Crippen LogP contribution is -2.51. The van der Waals surface area contributed by atoms with E-state index in [1.807, 2.05) is 47.4 Å². The normalized spacial score (nSPS) is 21.1. The maximum absolute atomic E-state index is 14.1. The fourth-order valence-corrected chi connectivity index (χ4v) is 10.6. The molecule has 6 aliphatic rings. The summed E-state index contributed by atoms with van der Waals surface area (Å²) in [5.74, 6) is 2.16. The van der Waals surface area contributed by atoms with Crippen molar-refractivity contribution in [2.45, 2.75) is 82.0 Å². The highest BCUT2D eigenvalue weighted by Gasteiger charge is 2.51. The van der Waals surface area contributed by atoms with Crippen molar-refractivity contribution in [2.24, 2.45) is 9.98 Å². The number of rotatable bonds is 10. The van der Waals surface area contributed by atoms with Gasteiger partial charge in [0.25, 0.3) is 11.8 Å². The van der Waals surface area contributed by atoms with Crippen LogP contribution in [0.3, 0.4) is 0 Å². The van der Waals surface area contributed by atoms with Crippen LogP contribution in [0.15, 0.2) is 113 Å². The van der Waals surface area contributed by atoms with Crippen molar-refractivity contribution < 1.29 is 32.3 Å². The van der Waals surface area contributed by atoms with Crippen LogP contribution in [0.2, 0.25) is 0 Å². The molecule has 0 spiro atoms. The van der Waals surface area contributed by atoms with E-state index in [1.54, 1.807) is 64.8 Å². The maximum Gasteiger partial charge on any atom is 0.416 e. The van der Waals surface area contributed by atoms with Crippen molar-refractivity contribution in [1.82, 2.24) is 29.4 Å². The van der Waals surface area contributed by atoms with Gasteiger partial charge in [0.2, 0.25) is 11.9 Å². The molecule has 6 heterocycles. The number of ether oxygens (including phenoxy) is 1. The highest BCUT2D eigenvalue weighted by molar-refractivity contribution is 6.22. The Kier molecular flexibility index (Phi) is 9.89. The Morgan fingerprint density at radius 2 is 1.16 bits per heavy atom. The number of alkyl halides is 3. The Morgan fingerprint density at radius 3 is 1.70 bits per heavy atom. The number of guanidine groups is 2. The summed E-state index contributed by atoms with van der Waals surface area (Å²) in [5.41, 5.74) is 2.96. The summed E-state index contributed by atoms with van der Waals surface area (Å²) in [6.45, 7) is 0.350. The van der Waals surface area contributed by atoms with Gasteiger partial charge < -0.3 is 15.4 Å². The molecular weight excluding hydrogens is 890 g/mol. The second kappa shape index (κ2) is 16.1. The first-order valence-corrected chi connectivity index (χ1v) is 23.1. The van der Waals surface area contributed by atoms with Crippen LogP contribution < -0.4 is 25.2 Å². The summed E-state index contributed by atoms with van der Waals surface area (Å²) in [7, 11) is 3.43. The highest BCUT2D eigenvalue weighted by Crippen LogP contribution is 2.45. The number of halogens is 3. The van der Waals surface area contributed by atoms with Crippen molar-refractivity contribution in [2.75, 3.05) is 34.5 Å². The molecule has 4 aliphatic heterocycles. The SMILES string of the molecule is CN1C(=O)c2c(nn(Cc3ccc(C(=O)Oc4cccc(Nc5c6c(nn5Cc5ccc(C(F)(F)F)cc5)N5C(=N[C@@H]7CCC[C@@H]75)N(C)C6=O)c4)cc3)c2Nc2ccccc2)N2C1=N[C@@H]1CCC[C@@H]12. The van der Waals surface area contributed by atoms with E-state index in [0.717, 1.165) is 61.9 Å². The largest absolute Gasteiger partial charge is 0.423 e. The molecule has 2 amide bonds. The Morgan fingerprint density at radius 1 is 0.652 bits per heavy atom. The Hall–Kier alpha value is -7.96. The first kappa shape index (κ1) is 42.4. The molecule has 69 heavy (non-hydrogen) atoms. The van der Waals surface area contributed by atoms with Gasteiger partial charge in [0, 0.05) is 31.5 Å². The van der Waals surface area contributed by atoms with Crippen molar-refractivity contribution >= 4 is 64.3 Å². The third kappa shape index (κ3) is 7.16. The van der Waals surface area contributed by atoms with Gasteiger partial charge in [-0.25, -0.2) is 24.1 Å². The van der Waals surface area contributed by atoms with Crippen LogP contribution in [0.25, 0.3) is 0 Å². The number of aromatic nitrogens is 4. The summed E-state index contributed by atoms with van der Waals surface area (Å²) in [6, 6.07) is 28.5. The third-order valence-electron chi connectivity index (χ3n) is 14.0. The second-order valence-electron chi connectivity index (χ2n) is 18.3. The van der Waals surface area contributed by atoms with Gasteiger partial charge in [0.15, 0.2) is 11.6 Å². The highest BCUT2D eigenvalue weighted by atomic mass is 19.4. The standard InChI is InChI=1S/C50H45F3N12O4/c1-60-45(66)39-41(54-32-9-4-3-5-10-32)62(58-43(39)64-37-15-7-13-35(37)56-48(60)64)26-28-17-21-30(22-18-28)47(68)69-34-12-6-11-33(25-34)55-42-40-44(59-63(42)27-29-19-23-31(24-20-29)50(51,52)53)65-38-16-8-14-36(38)57-49(65)61(2)46(40)67/h3-6,9-12,17-25,35-38,54-55H,7-8,13-16,26-27H2,1-2H3/t35-,36-,37+,38+/m1/s1. The Labute approximate surface area is 393 Å². The van der Waals surface area contributed by atoms with Crippen LogP contribution >= 0.6 is 0 Å². The summed E-state index contributed by atoms with van der Waals surface area (Å²) in [5, 5.41) is 16.8. The van der Waals surface area contributed by atoms with Gasteiger partial charge in [-0.2, -0.15) is 23.4 Å². The predicted molar refractivity (Wildman–Crippen MR) is 252 cm³/mol. The number of nitrogens with one attached hydrogen (secondary N) is 2. The van der Waals surface area contributed by atoms with Crippen LogP contribution in [0.4, 0.5) is 47.8 Å². The molecule has 350 valence electrons. The fraction of sp³-hybridized carbons (Fsp3) is 0.300. The number of nitrogens with zero attached hydrogens (tertiary/aromatic N) is 10. The van der Waals surface area contributed by atoms with Crippen LogP contribution in [-0.4, -0.2) is 97.3 Å². The minimum atomic E-state index is -4.49. The summed E-state index contributed by atoms with van der Waals surface area (Å²) in [6.07, 6.45) is 1.26. The first-order valence-electron chi connectivity index (χ1n) is 23.1. The van der Waals surface area contributed by atoms with Crippen LogP contribution in [0, 0.1) is 0 Å². The number of esters is 1. The number of amides is 2. The number of hydrogen-bond acceptors (Lipinski definition) is 12. The number of hydrogen-bond donors (Lipinski definition) is 2. The van der Waals surface area contributed by atoms with Gasteiger partial charge >= 0.3 is 12.1 Å². The van der Waals surface area contributed by atoms with E-state index in [-0.39, 0.29) is 48.3 Å². The van der Waals surface area contributed by atoms with Crippen molar-refractivity contribution in [3.05, 3.63) is 137 Å². The molecule has 12 rings (SSSR count). The van der Waals surface area contributed by atoms with E-state index in [0.29, 0.717) is 69.7 Å². The lowest BCUT2D eigenvalue weighted by molar-refractivity contribution is -0.137. The van der Waals surface area contributed by atoms with E-state index in [9.17, 15) is 27.6 Å². The zero-order chi connectivity index (χ0) is 47.3. The molecule has 19 heteroatoms. The molecule has 2 N–H and O–H groups in total. The molecule has 2 aliphatic carbocycles. The molecule has 0 bridgehead atoms. The molecule has 16 nitrogen and oxygen atoms in total. The molecule has 0 radical (unpaired) electrons. The zero-order valence-electron chi connectivity index (χ0n) is 37.5. The van der Waals surface area contributed by atoms with Crippen LogP contribution in [0.5, 0.6) is 5.75 Å². The van der Waals surface area contributed by atoms with E-state index in [4.69, 9.17) is 24.9 Å². The molecule has 6 aromatic rings. The molecule has 2 fully saturated rings. The average molecular weight is 935 g/mol. The summed E-state index contributed by atoms with van der Waals surface area (Å²) in [4.78, 5) is 58.9. The van der Waals surface area contributed by atoms with Crippen molar-refractivity contribution in [3.63, 3.8) is 0 Å². The van der Waals surface area contributed by atoms with E-state index < -0.39 is 17.7 Å². The lowest BCUT2D eigenvalue weighted by Gasteiger charge is -2.34. The molecule has 2 saturated carbocycles. The molecule has 0 unspecified atom stereocenters. The van der Waals surface area contributed by atoms with E-state index in [2.05, 4.69) is 15.5 Å². The predicted octanol–water partition coefficient (Wildman–Crippen LogP) is 8.27. The number of fused-ring (bicyclic) bond motifs is 10. The van der Waals surface area contributed by atoms with Gasteiger partial charge in [-0.1, -0.05) is 48.5 Å². The first-order chi connectivity index (χ1) is 33.4. The maximum atomic E-state index is 14.1. The number of carbonyl (C=O) groups is 3. The fourth-order valence-electron chi connectivity index (χ4n) is 10.6. The molecule has 4 aromatic carbocycles. The van der Waals surface area contributed by atoms with Crippen LogP contribution in [0.1, 0.15) is 86.3 Å². The minimum absolute atomic E-state index is 0.0276. The number of benzene rings is 4. The topological polar surface area (TPSA) is 158 Å². The number of anilines is 6. The smallest absolute Gasteiger partial charge is 0.416 e.